The van der Waals surface area contributed by atoms with E-state index in [1.165, 1.54) is 19.1 Å². The van der Waals surface area contributed by atoms with Gasteiger partial charge in [0.2, 0.25) is 5.91 Å². The van der Waals surface area contributed by atoms with Crippen LogP contribution in [0, 0.1) is 10.1 Å². The van der Waals surface area contributed by atoms with Gasteiger partial charge in [0.25, 0.3) is 5.69 Å². The number of nitro groups is 1. The molecule has 0 fully saturated rings. The number of rotatable bonds is 5. The van der Waals surface area contributed by atoms with Crippen LogP contribution < -0.4 is 0 Å². The minimum Gasteiger partial charge on any atom is -0.285 e. The van der Waals surface area contributed by atoms with Gasteiger partial charge in [-0.1, -0.05) is 42.5 Å². The van der Waals surface area contributed by atoms with Gasteiger partial charge in [-0.25, -0.2) is 5.06 Å². The van der Waals surface area contributed by atoms with Crippen molar-refractivity contribution in [2.45, 2.75) is 19.9 Å². The number of hydrogen-bond acceptors (Lipinski definition) is 4. The van der Waals surface area contributed by atoms with Crippen molar-refractivity contribution in [2.75, 3.05) is 0 Å². The van der Waals surface area contributed by atoms with Crippen molar-refractivity contribution in [3.63, 3.8) is 0 Å². The van der Waals surface area contributed by atoms with Crippen molar-refractivity contribution in [3.05, 3.63) is 70.3 Å². The van der Waals surface area contributed by atoms with Crippen molar-refractivity contribution in [3.8, 4) is 11.1 Å². The van der Waals surface area contributed by atoms with Crippen LogP contribution in [-0.4, -0.2) is 27.1 Å². The molecular weight excluding hydrogens is 308 g/mol. The second kappa shape index (κ2) is 7.52. The molecule has 0 spiro atoms. The molecule has 2 rings (SSSR count). The molecule has 0 aliphatic carbocycles. The lowest BCUT2D eigenvalue weighted by atomic mass is 10.0. The third-order valence-corrected chi connectivity index (χ3v) is 3.55. The summed E-state index contributed by atoms with van der Waals surface area (Å²) >= 11 is 0. The van der Waals surface area contributed by atoms with Crippen molar-refractivity contribution in [1.29, 1.82) is 0 Å². The van der Waals surface area contributed by atoms with Gasteiger partial charge in [0.1, 0.15) is 0 Å². The monoisotopic (exact) mass is 326 g/mol. The Labute approximate surface area is 139 Å². The smallest absolute Gasteiger partial charge is 0.270 e. The van der Waals surface area contributed by atoms with E-state index < -0.39 is 16.9 Å². The van der Waals surface area contributed by atoms with Crippen molar-refractivity contribution in [2.24, 2.45) is 0 Å². The average Bonchev–Trinajstić information content (AvgIpc) is 2.59. The number of carbonyl (C=O) groups excluding carboxylic acids is 1. The van der Waals surface area contributed by atoms with Gasteiger partial charge in [-0.15, -0.1) is 0 Å². The molecule has 24 heavy (non-hydrogen) atoms. The highest BCUT2D eigenvalue weighted by Crippen LogP contribution is 2.25. The fraction of sp³-hybridized carbons (Fsp3) is 0.167. The zero-order chi connectivity index (χ0) is 17.7. The molecule has 1 atom stereocenters. The molecule has 0 saturated carbocycles. The van der Waals surface area contributed by atoms with Gasteiger partial charge in [0, 0.05) is 19.1 Å². The third-order valence-electron chi connectivity index (χ3n) is 3.55. The highest BCUT2D eigenvalue weighted by atomic mass is 16.6. The summed E-state index contributed by atoms with van der Waals surface area (Å²) in [5.41, 5.74) is 2.50. The first-order valence-electron chi connectivity index (χ1n) is 7.40. The van der Waals surface area contributed by atoms with E-state index >= 15 is 0 Å². The Hall–Kier alpha value is -2.99. The summed E-state index contributed by atoms with van der Waals surface area (Å²) in [5.74, 6) is -0.433. The SMILES string of the molecule is CC(=O)N(O)[C@@H](C)/C=C/c1cccc(-c2cccc([N+](=O)[O-])c2)c1. The van der Waals surface area contributed by atoms with Crippen LogP contribution >= 0.6 is 0 Å². The van der Waals surface area contributed by atoms with E-state index in [4.69, 9.17) is 0 Å². The minimum atomic E-state index is -0.455. The standard InChI is InChI=1S/C18H18N2O4/c1-13(19(22)14(2)21)9-10-15-5-3-6-16(11-15)17-7-4-8-18(12-17)20(23)24/h3-13,22H,1-2H3/b10-9+/t13-/m0/s1. The number of hydrogen-bond donors (Lipinski definition) is 1. The molecule has 0 unspecified atom stereocenters. The molecule has 0 heterocycles. The van der Waals surface area contributed by atoms with Gasteiger partial charge in [0.05, 0.1) is 11.0 Å². The number of hydroxylamine groups is 2. The normalized spacial score (nSPS) is 12.1. The van der Waals surface area contributed by atoms with E-state index in [1.54, 1.807) is 25.1 Å². The van der Waals surface area contributed by atoms with Crippen molar-refractivity contribution in [1.82, 2.24) is 5.06 Å². The third kappa shape index (κ3) is 4.27. The number of nitro benzene ring substituents is 1. The first-order chi connectivity index (χ1) is 11.4. The Kier molecular flexibility index (Phi) is 5.44. The van der Waals surface area contributed by atoms with Gasteiger partial charge in [-0.3, -0.25) is 20.1 Å². The molecule has 0 aromatic heterocycles. The number of nitrogens with zero attached hydrogens (tertiary/aromatic N) is 2. The van der Waals surface area contributed by atoms with Crippen LogP contribution in [0.3, 0.4) is 0 Å². The summed E-state index contributed by atoms with van der Waals surface area (Å²) in [6, 6.07) is 13.5. The number of non-ortho nitro benzene ring substituents is 1. The van der Waals surface area contributed by atoms with E-state index in [-0.39, 0.29) is 5.69 Å². The molecule has 6 nitrogen and oxygen atoms in total. The zero-order valence-electron chi connectivity index (χ0n) is 13.4. The van der Waals surface area contributed by atoms with Gasteiger partial charge in [-0.05, 0) is 29.7 Å². The molecule has 0 radical (unpaired) electrons. The summed E-state index contributed by atoms with van der Waals surface area (Å²) < 4.78 is 0. The van der Waals surface area contributed by atoms with E-state index in [0.717, 1.165) is 16.7 Å². The summed E-state index contributed by atoms with van der Waals surface area (Å²) in [6.45, 7) is 2.98. The maximum Gasteiger partial charge on any atom is 0.270 e. The van der Waals surface area contributed by atoms with Gasteiger partial charge < -0.3 is 0 Å². The van der Waals surface area contributed by atoms with Crippen LogP contribution in [0.5, 0.6) is 0 Å². The molecule has 2 aromatic carbocycles. The highest BCUT2D eigenvalue weighted by Gasteiger charge is 2.10. The van der Waals surface area contributed by atoms with Crippen molar-refractivity contribution >= 4 is 17.7 Å². The number of amides is 1. The summed E-state index contributed by atoms with van der Waals surface area (Å²) in [4.78, 5) is 21.6. The Morgan fingerprint density at radius 2 is 1.83 bits per heavy atom. The second-order valence-corrected chi connectivity index (χ2v) is 5.40. The quantitative estimate of drug-likeness (QED) is 0.513. The molecule has 1 amide bonds. The predicted octanol–water partition coefficient (Wildman–Crippen LogP) is 3.90. The lowest BCUT2D eigenvalue weighted by Crippen LogP contribution is -2.32. The molecular formula is C18H18N2O4. The molecule has 0 bridgehead atoms. The minimum absolute atomic E-state index is 0.0412. The maximum absolute atomic E-state index is 11.1. The first kappa shape index (κ1) is 17.4. The summed E-state index contributed by atoms with van der Waals surface area (Å²) in [5, 5.41) is 21.1. The zero-order valence-corrected chi connectivity index (χ0v) is 13.4. The van der Waals surface area contributed by atoms with E-state index in [1.807, 2.05) is 30.3 Å². The van der Waals surface area contributed by atoms with Gasteiger partial charge in [0.15, 0.2) is 0 Å². The van der Waals surface area contributed by atoms with E-state index in [2.05, 4.69) is 0 Å². The molecule has 0 saturated heterocycles. The Morgan fingerprint density at radius 3 is 2.46 bits per heavy atom. The Bertz CT molecular complexity index is 786. The van der Waals surface area contributed by atoms with Crippen LogP contribution in [0.15, 0.2) is 54.6 Å². The molecule has 1 N–H and O–H groups in total. The molecule has 0 aliphatic rings. The average molecular weight is 326 g/mol. The van der Waals surface area contributed by atoms with Crippen LogP contribution in [-0.2, 0) is 4.79 Å². The van der Waals surface area contributed by atoms with Crippen LogP contribution in [0.25, 0.3) is 17.2 Å². The molecule has 2 aromatic rings. The number of benzene rings is 2. The van der Waals surface area contributed by atoms with E-state index in [9.17, 15) is 20.1 Å². The molecule has 124 valence electrons. The lowest BCUT2D eigenvalue weighted by Gasteiger charge is -2.17. The fourth-order valence-corrected chi connectivity index (χ4v) is 2.24. The Morgan fingerprint density at radius 1 is 1.21 bits per heavy atom. The number of carbonyl (C=O) groups is 1. The van der Waals surface area contributed by atoms with Gasteiger partial charge >= 0.3 is 0 Å². The molecule has 0 aliphatic heterocycles. The van der Waals surface area contributed by atoms with E-state index in [0.29, 0.717) is 5.06 Å². The van der Waals surface area contributed by atoms with Crippen LogP contribution in [0.1, 0.15) is 19.4 Å². The largest absolute Gasteiger partial charge is 0.285 e. The summed E-state index contributed by atoms with van der Waals surface area (Å²) in [6.07, 6.45) is 3.49. The predicted molar refractivity (Wildman–Crippen MR) is 91.3 cm³/mol. The van der Waals surface area contributed by atoms with Crippen LogP contribution in [0.4, 0.5) is 5.69 Å². The van der Waals surface area contributed by atoms with Crippen molar-refractivity contribution < 1.29 is 14.9 Å². The van der Waals surface area contributed by atoms with Crippen LogP contribution in [0.2, 0.25) is 0 Å². The maximum atomic E-state index is 11.1. The Balaban J connectivity index is 2.25. The lowest BCUT2D eigenvalue weighted by molar-refractivity contribution is -0.384. The molecule has 6 heteroatoms. The first-order valence-corrected chi connectivity index (χ1v) is 7.40. The summed E-state index contributed by atoms with van der Waals surface area (Å²) in [7, 11) is 0. The fourth-order valence-electron chi connectivity index (χ4n) is 2.24. The second-order valence-electron chi connectivity index (χ2n) is 5.40. The topological polar surface area (TPSA) is 83.7 Å². The highest BCUT2D eigenvalue weighted by molar-refractivity contribution is 5.73. The van der Waals surface area contributed by atoms with Gasteiger partial charge in [-0.2, -0.15) is 0 Å².